The SMILES string of the molecule is CCCC(=O)N(C)CC1CCN(C(=O)OC(C)(C)C)CC1. The van der Waals surface area contributed by atoms with Crippen LogP contribution in [0.1, 0.15) is 53.4 Å². The van der Waals surface area contributed by atoms with Crippen molar-refractivity contribution in [2.75, 3.05) is 26.7 Å². The van der Waals surface area contributed by atoms with Crippen LogP contribution in [0.2, 0.25) is 0 Å². The van der Waals surface area contributed by atoms with Gasteiger partial charge in [-0.3, -0.25) is 4.79 Å². The van der Waals surface area contributed by atoms with Crippen molar-refractivity contribution in [3.63, 3.8) is 0 Å². The van der Waals surface area contributed by atoms with Gasteiger partial charge in [-0.2, -0.15) is 0 Å². The smallest absolute Gasteiger partial charge is 0.410 e. The third-order valence-corrected chi connectivity index (χ3v) is 3.69. The zero-order chi connectivity index (χ0) is 16.0. The van der Waals surface area contributed by atoms with E-state index in [9.17, 15) is 9.59 Å². The molecule has 2 amide bonds. The Morgan fingerprint density at radius 1 is 1.24 bits per heavy atom. The van der Waals surface area contributed by atoms with Gasteiger partial charge in [-0.15, -0.1) is 0 Å². The number of piperidine rings is 1. The molecule has 1 saturated heterocycles. The summed E-state index contributed by atoms with van der Waals surface area (Å²) in [6.07, 6.45) is 3.15. The number of amides is 2. The van der Waals surface area contributed by atoms with E-state index in [0.29, 0.717) is 12.3 Å². The Morgan fingerprint density at radius 3 is 2.29 bits per heavy atom. The van der Waals surface area contributed by atoms with Crippen LogP contribution < -0.4 is 0 Å². The standard InChI is InChI=1S/C16H30N2O3/c1-6-7-14(19)17(5)12-13-8-10-18(11-9-13)15(20)21-16(2,3)4/h13H,6-12H2,1-5H3. The van der Waals surface area contributed by atoms with Gasteiger partial charge in [0, 0.05) is 33.1 Å². The van der Waals surface area contributed by atoms with E-state index in [2.05, 4.69) is 0 Å². The quantitative estimate of drug-likeness (QED) is 0.802. The number of hydrogen-bond acceptors (Lipinski definition) is 3. The lowest BCUT2D eigenvalue weighted by atomic mass is 9.96. The van der Waals surface area contributed by atoms with Gasteiger partial charge in [0.15, 0.2) is 0 Å². The predicted octanol–water partition coefficient (Wildman–Crippen LogP) is 2.89. The van der Waals surface area contributed by atoms with E-state index in [4.69, 9.17) is 4.74 Å². The summed E-state index contributed by atoms with van der Waals surface area (Å²) in [5.74, 6) is 0.696. The van der Waals surface area contributed by atoms with Gasteiger partial charge in [-0.1, -0.05) is 6.92 Å². The maximum Gasteiger partial charge on any atom is 0.410 e. The van der Waals surface area contributed by atoms with Gasteiger partial charge in [0.25, 0.3) is 0 Å². The molecule has 1 rings (SSSR count). The first-order valence-corrected chi connectivity index (χ1v) is 7.95. The second kappa shape index (κ2) is 7.66. The highest BCUT2D eigenvalue weighted by atomic mass is 16.6. The van der Waals surface area contributed by atoms with Gasteiger partial charge in [-0.25, -0.2) is 4.79 Å². The zero-order valence-corrected chi connectivity index (χ0v) is 14.1. The fourth-order valence-electron chi connectivity index (χ4n) is 2.52. The molecule has 5 nitrogen and oxygen atoms in total. The first-order chi connectivity index (χ1) is 9.73. The van der Waals surface area contributed by atoms with Crippen molar-refractivity contribution in [2.45, 2.75) is 59.0 Å². The summed E-state index contributed by atoms with van der Waals surface area (Å²) >= 11 is 0. The van der Waals surface area contributed by atoms with Crippen LogP contribution in [0.15, 0.2) is 0 Å². The van der Waals surface area contributed by atoms with Crippen LogP contribution >= 0.6 is 0 Å². The van der Waals surface area contributed by atoms with Crippen molar-refractivity contribution in [3.8, 4) is 0 Å². The summed E-state index contributed by atoms with van der Waals surface area (Å²) in [5, 5.41) is 0. The van der Waals surface area contributed by atoms with E-state index in [0.717, 1.165) is 38.9 Å². The van der Waals surface area contributed by atoms with Crippen LogP contribution in [0.4, 0.5) is 4.79 Å². The summed E-state index contributed by atoms with van der Waals surface area (Å²) in [6.45, 7) is 9.89. The topological polar surface area (TPSA) is 49.9 Å². The van der Waals surface area contributed by atoms with Crippen molar-refractivity contribution < 1.29 is 14.3 Å². The fraction of sp³-hybridized carbons (Fsp3) is 0.875. The number of likely N-dealkylation sites (tertiary alicyclic amines) is 1. The Balaban J connectivity index is 2.35. The van der Waals surface area contributed by atoms with E-state index in [-0.39, 0.29) is 12.0 Å². The van der Waals surface area contributed by atoms with E-state index < -0.39 is 5.60 Å². The van der Waals surface area contributed by atoms with Crippen LogP contribution in [0.5, 0.6) is 0 Å². The molecule has 0 N–H and O–H groups in total. The molecule has 0 saturated carbocycles. The summed E-state index contributed by atoms with van der Waals surface area (Å²) in [7, 11) is 1.87. The second-order valence-electron chi connectivity index (χ2n) is 6.94. The van der Waals surface area contributed by atoms with Crippen LogP contribution in [-0.4, -0.2) is 54.1 Å². The monoisotopic (exact) mass is 298 g/mol. The van der Waals surface area contributed by atoms with E-state index in [1.54, 1.807) is 4.90 Å². The third-order valence-electron chi connectivity index (χ3n) is 3.69. The van der Waals surface area contributed by atoms with Gasteiger partial charge in [0.1, 0.15) is 5.60 Å². The molecule has 0 bridgehead atoms. The molecule has 1 heterocycles. The Morgan fingerprint density at radius 2 is 1.81 bits per heavy atom. The van der Waals surface area contributed by atoms with Gasteiger partial charge >= 0.3 is 6.09 Å². The van der Waals surface area contributed by atoms with Crippen LogP contribution in [-0.2, 0) is 9.53 Å². The fourth-order valence-corrected chi connectivity index (χ4v) is 2.52. The Kier molecular flexibility index (Phi) is 6.49. The number of rotatable bonds is 4. The second-order valence-corrected chi connectivity index (χ2v) is 6.94. The maximum atomic E-state index is 12.0. The molecular weight excluding hydrogens is 268 g/mol. The first kappa shape index (κ1) is 17.8. The molecule has 1 aliphatic rings. The molecular formula is C16H30N2O3. The lowest BCUT2D eigenvalue weighted by Crippen LogP contribution is -2.44. The van der Waals surface area contributed by atoms with Gasteiger partial charge in [0.2, 0.25) is 5.91 Å². The lowest BCUT2D eigenvalue weighted by molar-refractivity contribution is -0.130. The van der Waals surface area contributed by atoms with Crippen LogP contribution in [0, 0.1) is 5.92 Å². The molecule has 0 aromatic heterocycles. The van der Waals surface area contributed by atoms with Crippen molar-refractivity contribution in [3.05, 3.63) is 0 Å². The number of carbonyl (C=O) groups excluding carboxylic acids is 2. The van der Waals surface area contributed by atoms with Crippen molar-refractivity contribution >= 4 is 12.0 Å². The highest BCUT2D eigenvalue weighted by Gasteiger charge is 2.27. The number of nitrogens with zero attached hydrogens (tertiary/aromatic N) is 2. The van der Waals surface area contributed by atoms with Crippen molar-refractivity contribution in [1.29, 1.82) is 0 Å². The minimum absolute atomic E-state index is 0.215. The normalized spacial score (nSPS) is 16.7. The zero-order valence-electron chi connectivity index (χ0n) is 14.1. The lowest BCUT2D eigenvalue weighted by Gasteiger charge is -2.34. The summed E-state index contributed by atoms with van der Waals surface area (Å²) < 4.78 is 5.39. The highest BCUT2D eigenvalue weighted by molar-refractivity contribution is 5.75. The minimum atomic E-state index is -0.444. The average Bonchev–Trinajstić information content (AvgIpc) is 2.37. The van der Waals surface area contributed by atoms with Crippen molar-refractivity contribution in [1.82, 2.24) is 9.80 Å². The molecule has 0 atom stereocenters. The van der Waals surface area contributed by atoms with Gasteiger partial charge in [-0.05, 0) is 46.0 Å². The molecule has 0 aromatic carbocycles. The molecule has 21 heavy (non-hydrogen) atoms. The molecule has 0 spiro atoms. The Hall–Kier alpha value is -1.26. The largest absolute Gasteiger partial charge is 0.444 e. The Labute approximate surface area is 128 Å². The Bertz CT molecular complexity index is 355. The summed E-state index contributed by atoms with van der Waals surface area (Å²) in [4.78, 5) is 27.4. The number of hydrogen-bond donors (Lipinski definition) is 0. The summed E-state index contributed by atoms with van der Waals surface area (Å²) in [5.41, 5.74) is -0.444. The van der Waals surface area contributed by atoms with Gasteiger partial charge in [0.05, 0.1) is 0 Å². The van der Waals surface area contributed by atoms with E-state index in [1.165, 1.54) is 0 Å². The highest BCUT2D eigenvalue weighted by Crippen LogP contribution is 2.20. The van der Waals surface area contributed by atoms with Crippen LogP contribution in [0.25, 0.3) is 0 Å². The first-order valence-electron chi connectivity index (χ1n) is 7.95. The number of ether oxygens (including phenoxy) is 1. The molecule has 0 unspecified atom stereocenters. The molecule has 5 heteroatoms. The van der Waals surface area contributed by atoms with E-state index >= 15 is 0 Å². The summed E-state index contributed by atoms with van der Waals surface area (Å²) in [6, 6.07) is 0. The molecule has 0 aliphatic carbocycles. The molecule has 0 aromatic rings. The van der Waals surface area contributed by atoms with Crippen LogP contribution in [0.3, 0.4) is 0 Å². The maximum absolute atomic E-state index is 12.0. The van der Waals surface area contributed by atoms with Crippen molar-refractivity contribution in [2.24, 2.45) is 5.92 Å². The van der Waals surface area contributed by atoms with Gasteiger partial charge < -0.3 is 14.5 Å². The minimum Gasteiger partial charge on any atom is -0.444 e. The molecule has 122 valence electrons. The number of carbonyl (C=O) groups is 2. The predicted molar refractivity (Wildman–Crippen MR) is 83.1 cm³/mol. The molecule has 0 radical (unpaired) electrons. The van der Waals surface area contributed by atoms with E-state index in [1.807, 2.05) is 39.6 Å². The third kappa shape index (κ3) is 6.36. The molecule has 1 aliphatic heterocycles. The molecule has 1 fully saturated rings. The average molecular weight is 298 g/mol.